The summed E-state index contributed by atoms with van der Waals surface area (Å²) in [6, 6.07) is 6.66. The maximum Gasteiger partial charge on any atom is 0.272 e. The monoisotopic (exact) mass is 484 g/mol. The Balaban J connectivity index is 1.39. The van der Waals surface area contributed by atoms with Crippen molar-refractivity contribution in [1.82, 2.24) is 29.8 Å². The third-order valence-corrected chi connectivity index (χ3v) is 6.36. The van der Waals surface area contributed by atoms with Gasteiger partial charge < -0.3 is 20.0 Å². The molecule has 0 saturated carbocycles. The van der Waals surface area contributed by atoms with Crippen LogP contribution in [0.5, 0.6) is 0 Å². The molecule has 2 aromatic rings. The van der Waals surface area contributed by atoms with Crippen molar-refractivity contribution in [2.24, 2.45) is 0 Å². The molecular formula is C24H29FN6O4. The average molecular weight is 485 g/mol. The van der Waals surface area contributed by atoms with Crippen molar-refractivity contribution < 1.29 is 23.6 Å². The van der Waals surface area contributed by atoms with Crippen LogP contribution in [0, 0.1) is 5.82 Å². The summed E-state index contributed by atoms with van der Waals surface area (Å²) in [7, 11) is 0. The largest absolute Gasteiger partial charge is 0.339 e. The van der Waals surface area contributed by atoms with Gasteiger partial charge in [-0.25, -0.2) is 4.39 Å². The van der Waals surface area contributed by atoms with Crippen molar-refractivity contribution >= 4 is 23.6 Å². The third-order valence-electron chi connectivity index (χ3n) is 6.36. The second-order valence-electron chi connectivity index (χ2n) is 8.87. The molecule has 10 nitrogen and oxygen atoms in total. The number of rotatable bonds is 5. The molecule has 1 N–H and O–H groups in total. The van der Waals surface area contributed by atoms with Crippen molar-refractivity contribution in [2.45, 2.75) is 39.4 Å². The molecule has 0 spiro atoms. The van der Waals surface area contributed by atoms with E-state index in [0.29, 0.717) is 57.9 Å². The first kappa shape index (κ1) is 24.4. The molecule has 2 aliphatic heterocycles. The molecule has 11 heteroatoms. The van der Waals surface area contributed by atoms with E-state index in [9.17, 15) is 23.6 Å². The number of piperazine rings is 1. The van der Waals surface area contributed by atoms with E-state index in [0.717, 1.165) is 5.56 Å². The quantitative estimate of drug-likeness (QED) is 0.678. The summed E-state index contributed by atoms with van der Waals surface area (Å²) >= 11 is 0. The second-order valence-corrected chi connectivity index (χ2v) is 8.87. The van der Waals surface area contributed by atoms with Gasteiger partial charge in [0.2, 0.25) is 11.8 Å². The van der Waals surface area contributed by atoms with Gasteiger partial charge >= 0.3 is 0 Å². The van der Waals surface area contributed by atoms with E-state index in [1.54, 1.807) is 33.8 Å². The van der Waals surface area contributed by atoms with Gasteiger partial charge in [-0.15, -0.1) is 0 Å². The van der Waals surface area contributed by atoms with E-state index >= 15 is 0 Å². The van der Waals surface area contributed by atoms with Crippen molar-refractivity contribution in [3.05, 3.63) is 53.1 Å². The van der Waals surface area contributed by atoms with Crippen LogP contribution < -0.4 is 5.32 Å². The predicted octanol–water partition coefficient (Wildman–Crippen LogP) is 0.877. The molecular weight excluding hydrogens is 455 g/mol. The molecule has 1 fully saturated rings. The Labute approximate surface area is 202 Å². The number of halogens is 1. The van der Waals surface area contributed by atoms with Crippen molar-refractivity contribution in [3.63, 3.8) is 0 Å². The lowest BCUT2D eigenvalue weighted by molar-refractivity contribution is -0.139. The first-order valence-corrected chi connectivity index (χ1v) is 11.7. The number of aryl methyl sites for hydroxylation is 1. The lowest BCUT2D eigenvalue weighted by Crippen LogP contribution is -2.54. The zero-order valence-electron chi connectivity index (χ0n) is 19.9. The number of benzene rings is 1. The van der Waals surface area contributed by atoms with Crippen LogP contribution in [0.2, 0.25) is 0 Å². The molecule has 3 heterocycles. The molecule has 0 bridgehead atoms. The van der Waals surface area contributed by atoms with E-state index in [1.807, 2.05) is 0 Å². The Hall–Kier alpha value is -3.76. The minimum atomic E-state index is -0.779. The minimum absolute atomic E-state index is 0.0243. The highest BCUT2D eigenvalue weighted by Gasteiger charge is 2.29. The predicted molar refractivity (Wildman–Crippen MR) is 124 cm³/mol. The van der Waals surface area contributed by atoms with Gasteiger partial charge in [-0.3, -0.25) is 23.9 Å². The van der Waals surface area contributed by atoms with Gasteiger partial charge in [0, 0.05) is 58.8 Å². The average Bonchev–Trinajstić information content (AvgIpc) is 3.22. The van der Waals surface area contributed by atoms with E-state index in [2.05, 4.69) is 10.4 Å². The summed E-state index contributed by atoms with van der Waals surface area (Å²) in [4.78, 5) is 55.2. The highest BCUT2D eigenvalue weighted by Crippen LogP contribution is 2.17. The van der Waals surface area contributed by atoms with E-state index in [-0.39, 0.29) is 29.2 Å². The van der Waals surface area contributed by atoms with Gasteiger partial charge in [-0.05, 0) is 31.0 Å². The lowest BCUT2D eigenvalue weighted by Gasteiger charge is -2.35. The molecule has 1 saturated heterocycles. The maximum absolute atomic E-state index is 13.2. The molecule has 1 atom stereocenters. The van der Waals surface area contributed by atoms with Crippen LogP contribution in [0.1, 0.15) is 46.8 Å². The van der Waals surface area contributed by atoms with Crippen molar-refractivity contribution in [1.29, 1.82) is 0 Å². The molecule has 0 aliphatic carbocycles. The van der Waals surface area contributed by atoms with Crippen molar-refractivity contribution in [3.8, 4) is 0 Å². The van der Waals surface area contributed by atoms with Crippen LogP contribution in [0.25, 0.3) is 0 Å². The fourth-order valence-electron chi connectivity index (χ4n) is 4.35. The molecule has 0 radical (unpaired) electrons. The van der Waals surface area contributed by atoms with E-state index in [1.165, 1.54) is 29.8 Å². The molecule has 1 unspecified atom stereocenters. The number of hydrogen-bond acceptors (Lipinski definition) is 5. The summed E-state index contributed by atoms with van der Waals surface area (Å²) < 4.78 is 14.7. The van der Waals surface area contributed by atoms with Gasteiger partial charge in [0.05, 0.1) is 0 Å². The van der Waals surface area contributed by atoms with Crippen molar-refractivity contribution in [2.75, 3.05) is 32.7 Å². The Morgan fingerprint density at radius 2 is 1.69 bits per heavy atom. The Morgan fingerprint density at radius 1 is 1.03 bits per heavy atom. The van der Waals surface area contributed by atoms with Crippen LogP contribution in [-0.2, 0) is 22.7 Å². The molecule has 4 amide bonds. The first-order valence-electron chi connectivity index (χ1n) is 11.7. The number of fused-ring (bicyclic) bond motifs is 1. The number of carbonyl (C=O) groups is 4. The molecule has 4 rings (SSSR count). The van der Waals surface area contributed by atoms with Crippen LogP contribution in [0.15, 0.2) is 30.3 Å². The Kier molecular flexibility index (Phi) is 7.13. The molecule has 1 aromatic carbocycles. The van der Waals surface area contributed by atoms with Crippen LogP contribution in [0.4, 0.5) is 4.39 Å². The number of aromatic nitrogens is 2. The van der Waals surface area contributed by atoms with Crippen LogP contribution in [-0.4, -0.2) is 86.9 Å². The summed E-state index contributed by atoms with van der Waals surface area (Å²) in [5.41, 5.74) is 1.18. The number of nitrogens with one attached hydrogen (secondary N) is 1. The maximum atomic E-state index is 13.2. The zero-order chi connectivity index (χ0) is 25.1. The zero-order valence-corrected chi connectivity index (χ0v) is 19.9. The van der Waals surface area contributed by atoms with Crippen LogP contribution in [0.3, 0.4) is 0 Å². The molecule has 186 valence electrons. The Morgan fingerprint density at radius 3 is 2.34 bits per heavy atom. The topological polar surface area (TPSA) is 108 Å². The van der Waals surface area contributed by atoms with Gasteiger partial charge in [0.1, 0.15) is 17.6 Å². The normalized spacial score (nSPS) is 17.0. The fraction of sp³-hybridized carbons (Fsp3) is 0.458. The molecule has 35 heavy (non-hydrogen) atoms. The molecule has 1 aromatic heterocycles. The summed E-state index contributed by atoms with van der Waals surface area (Å²) in [6.45, 7) is 6.18. The summed E-state index contributed by atoms with van der Waals surface area (Å²) in [5, 5.41) is 6.98. The highest BCUT2D eigenvalue weighted by molar-refractivity contribution is 5.99. The van der Waals surface area contributed by atoms with E-state index in [4.69, 9.17) is 0 Å². The van der Waals surface area contributed by atoms with Crippen LogP contribution >= 0.6 is 0 Å². The summed E-state index contributed by atoms with van der Waals surface area (Å²) in [5.74, 6) is -1.39. The first-order chi connectivity index (χ1) is 16.7. The van der Waals surface area contributed by atoms with Gasteiger partial charge in [-0.1, -0.05) is 12.1 Å². The third kappa shape index (κ3) is 5.50. The fourth-order valence-corrected chi connectivity index (χ4v) is 4.35. The van der Waals surface area contributed by atoms with Gasteiger partial charge in [0.15, 0.2) is 5.69 Å². The van der Waals surface area contributed by atoms with E-state index < -0.39 is 11.9 Å². The minimum Gasteiger partial charge on any atom is -0.339 e. The van der Waals surface area contributed by atoms with Gasteiger partial charge in [0.25, 0.3) is 11.8 Å². The smallest absolute Gasteiger partial charge is 0.272 e. The highest BCUT2D eigenvalue weighted by atomic mass is 19.1. The summed E-state index contributed by atoms with van der Waals surface area (Å²) in [6.07, 6.45) is 0.657. The van der Waals surface area contributed by atoms with Gasteiger partial charge in [-0.2, -0.15) is 5.10 Å². The number of carbonyl (C=O) groups excluding carboxylic acids is 4. The lowest BCUT2D eigenvalue weighted by atomic mass is 10.2. The Bertz CT molecular complexity index is 1120. The second kappa shape index (κ2) is 10.2. The number of hydrogen-bond donors (Lipinski definition) is 1. The number of nitrogens with zero attached hydrogens (tertiary/aromatic N) is 5. The molecule has 2 aliphatic rings. The number of amides is 4. The standard InChI is InChI=1S/C24H29FN6O4/c1-16(23(34)29-12-10-28(11-13-29)17(2)32)26-22(33)20-14-21-24(35)30(8-3-9-31(21)27-20)15-18-4-6-19(25)7-5-18/h4-7,14,16H,3,8-13,15H2,1-2H3,(H,26,33). The SMILES string of the molecule is CC(=O)N1CCN(C(=O)C(C)NC(=O)c2cc3n(n2)CCCN(Cc2ccc(F)cc2)C3=O)CC1.